The van der Waals surface area contributed by atoms with Crippen molar-refractivity contribution in [1.29, 1.82) is 0 Å². The van der Waals surface area contributed by atoms with Gasteiger partial charge in [-0.1, -0.05) is 26.8 Å². The van der Waals surface area contributed by atoms with Crippen LogP contribution in [0.5, 0.6) is 0 Å². The summed E-state index contributed by atoms with van der Waals surface area (Å²) < 4.78 is 0. The van der Waals surface area contributed by atoms with Gasteiger partial charge in [-0.2, -0.15) is 0 Å². The Kier molecular flexibility index (Phi) is 6.49. The van der Waals surface area contributed by atoms with Crippen molar-refractivity contribution in [2.75, 3.05) is 18.9 Å². The van der Waals surface area contributed by atoms with Gasteiger partial charge in [0.05, 0.1) is 0 Å². The highest BCUT2D eigenvalue weighted by atomic mass is 16.2. The van der Waals surface area contributed by atoms with Crippen molar-refractivity contribution >= 4 is 11.7 Å². The van der Waals surface area contributed by atoms with Gasteiger partial charge in [0.2, 0.25) is 0 Å². The fourth-order valence-electron chi connectivity index (χ4n) is 2.13. The van der Waals surface area contributed by atoms with Crippen LogP contribution in [0.3, 0.4) is 0 Å². The summed E-state index contributed by atoms with van der Waals surface area (Å²) in [5.74, 6) is 1.33. The Balaban J connectivity index is 2.75. The molecule has 0 saturated heterocycles. The minimum atomic E-state index is -0.0155. The average molecular weight is 277 g/mol. The van der Waals surface area contributed by atoms with Gasteiger partial charge in [0.25, 0.3) is 5.91 Å². The van der Waals surface area contributed by atoms with Crippen LogP contribution in [-0.2, 0) is 0 Å². The van der Waals surface area contributed by atoms with Gasteiger partial charge in [-0.15, -0.1) is 0 Å². The van der Waals surface area contributed by atoms with Gasteiger partial charge in [0.15, 0.2) is 0 Å². The molecule has 4 heteroatoms. The molecular weight excluding hydrogens is 250 g/mol. The summed E-state index contributed by atoms with van der Waals surface area (Å²) >= 11 is 0. The third-order valence-corrected chi connectivity index (χ3v) is 3.32. The lowest BCUT2D eigenvalue weighted by atomic mass is 10.0. The molecule has 1 aromatic rings. The minimum absolute atomic E-state index is 0.0155. The first kappa shape index (κ1) is 16.5. The van der Waals surface area contributed by atoms with Crippen molar-refractivity contribution in [2.45, 2.75) is 46.6 Å². The van der Waals surface area contributed by atoms with Gasteiger partial charge in [0.1, 0.15) is 11.5 Å². The van der Waals surface area contributed by atoms with Crippen LogP contribution in [0.2, 0.25) is 0 Å². The summed E-state index contributed by atoms with van der Waals surface area (Å²) in [7, 11) is 1.85. The van der Waals surface area contributed by atoms with Crippen molar-refractivity contribution in [3.63, 3.8) is 0 Å². The Morgan fingerprint density at radius 2 is 2.05 bits per heavy atom. The van der Waals surface area contributed by atoms with Crippen molar-refractivity contribution in [3.05, 3.63) is 23.9 Å². The molecule has 0 saturated carbocycles. The number of rotatable bonds is 7. The molecule has 0 bridgehead atoms. The maximum Gasteiger partial charge on any atom is 0.272 e. The molecule has 0 radical (unpaired) electrons. The lowest BCUT2D eigenvalue weighted by molar-refractivity contribution is 0.0722. The van der Waals surface area contributed by atoms with E-state index in [9.17, 15) is 4.79 Å². The van der Waals surface area contributed by atoms with Crippen LogP contribution in [-0.4, -0.2) is 35.4 Å². The molecule has 112 valence electrons. The second kappa shape index (κ2) is 7.88. The molecule has 1 amide bonds. The first-order valence-electron chi connectivity index (χ1n) is 7.43. The van der Waals surface area contributed by atoms with Crippen LogP contribution in [0.4, 0.5) is 5.82 Å². The van der Waals surface area contributed by atoms with E-state index in [1.165, 1.54) is 0 Å². The van der Waals surface area contributed by atoms with E-state index in [-0.39, 0.29) is 11.9 Å². The zero-order valence-corrected chi connectivity index (χ0v) is 13.3. The highest BCUT2D eigenvalue weighted by Crippen LogP contribution is 2.13. The van der Waals surface area contributed by atoms with E-state index in [1.807, 2.05) is 19.2 Å². The number of hydrogen-bond acceptors (Lipinski definition) is 3. The summed E-state index contributed by atoms with van der Waals surface area (Å²) in [6.45, 7) is 9.38. The summed E-state index contributed by atoms with van der Waals surface area (Å²) in [6.07, 6.45) is 2.03. The van der Waals surface area contributed by atoms with E-state index in [1.54, 1.807) is 11.0 Å². The highest BCUT2D eigenvalue weighted by Gasteiger charge is 2.19. The number of carbonyl (C=O) groups excluding carboxylic acids is 1. The Hall–Kier alpha value is -1.58. The number of nitrogens with zero attached hydrogens (tertiary/aromatic N) is 2. The molecule has 1 aromatic heterocycles. The molecule has 0 fully saturated rings. The molecule has 1 N–H and O–H groups in total. The van der Waals surface area contributed by atoms with E-state index in [2.05, 4.69) is 38.0 Å². The van der Waals surface area contributed by atoms with Gasteiger partial charge in [-0.3, -0.25) is 4.79 Å². The van der Waals surface area contributed by atoms with Gasteiger partial charge in [-0.25, -0.2) is 4.98 Å². The normalized spacial score (nSPS) is 12.3. The van der Waals surface area contributed by atoms with Crippen molar-refractivity contribution in [1.82, 2.24) is 9.88 Å². The highest BCUT2D eigenvalue weighted by molar-refractivity contribution is 5.92. The predicted octanol–water partition coefficient (Wildman–Crippen LogP) is 3.41. The zero-order valence-electron chi connectivity index (χ0n) is 13.3. The summed E-state index contributed by atoms with van der Waals surface area (Å²) in [6, 6.07) is 5.76. The van der Waals surface area contributed by atoms with E-state index in [4.69, 9.17) is 0 Å². The lowest BCUT2D eigenvalue weighted by Crippen LogP contribution is -2.36. The van der Waals surface area contributed by atoms with Crippen LogP contribution < -0.4 is 5.32 Å². The predicted molar refractivity (Wildman–Crippen MR) is 84.0 cm³/mol. The van der Waals surface area contributed by atoms with E-state index in [0.717, 1.165) is 25.2 Å². The molecule has 0 spiro atoms. The van der Waals surface area contributed by atoms with Gasteiger partial charge < -0.3 is 10.2 Å². The van der Waals surface area contributed by atoms with Crippen molar-refractivity contribution in [2.24, 2.45) is 5.92 Å². The molecule has 0 aromatic carbocycles. The average Bonchev–Trinajstić information content (AvgIpc) is 2.43. The largest absolute Gasteiger partial charge is 0.370 e. The second-order valence-electron chi connectivity index (χ2n) is 5.73. The maximum atomic E-state index is 12.4. The van der Waals surface area contributed by atoms with Crippen molar-refractivity contribution < 1.29 is 4.79 Å². The topological polar surface area (TPSA) is 45.2 Å². The summed E-state index contributed by atoms with van der Waals surface area (Å²) in [5, 5.41) is 3.21. The molecule has 20 heavy (non-hydrogen) atoms. The van der Waals surface area contributed by atoms with Gasteiger partial charge >= 0.3 is 0 Å². The number of pyridine rings is 1. The first-order chi connectivity index (χ1) is 9.45. The monoisotopic (exact) mass is 277 g/mol. The number of hydrogen-bond donors (Lipinski definition) is 1. The van der Waals surface area contributed by atoms with Crippen molar-refractivity contribution in [3.8, 4) is 0 Å². The Labute approximate surface area is 122 Å². The van der Waals surface area contributed by atoms with E-state index in [0.29, 0.717) is 11.6 Å². The summed E-state index contributed by atoms with van der Waals surface area (Å²) in [5.41, 5.74) is 0.504. The SMILES string of the molecule is CCCNc1cccc(C(=O)N(C)C(C)CC(C)C)n1. The number of aromatic nitrogens is 1. The molecule has 4 nitrogen and oxygen atoms in total. The molecule has 1 rings (SSSR count). The molecular formula is C16H27N3O. The van der Waals surface area contributed by atoms with Crippen LogP contribution >= 0.6 is 0 Å². The Bertz CT molecular complexity index is 431. The maximum absolute atomic E-state index is 12.4. The summed E-state index contributed by atoms with van der Waals surface area (Å²) in [4.78, 5) is 18.6. The number of amides is 1. The molecule has 0 aliphatic rings. The van der Waals surface area contributed by atoms with Gasteiger partial charge in [-0.05, 0) is 37.8 Å². The fraction of sp³-hybridized carbons (Fsp3) is 0.625. The van der Waals surface area contributed by atoms with Crippen LogP contribution in [0.25, 0.3) is 0 Å². The van der Waals surface area contributed by atoms with Gasteiger partial charge in [0, 0.05) is 19.6 Å². The first-order valence-corrected chi connectivity index (χ1v) is 7.43. The van der Waals surface area contributed by atoms with E-state index < -0.39 is 0 Å². The third kappa shape index (κ3) is 4.83. The molecule has 0 aliphatic carbocycles. The lowest BCUT2D eigenvalue weighted by Gasteiger charge is -2.26. The molecule has 1 unspecified atom stereocenters. The number of carbonyl (C=O) groups is 1. The quantitative estimate of drug-likeness (QED) is 0.830. The smallest absolute Gasteiger partial charge is 0.272 e. The molecule has 1 heterocycles. The standard InChI is InChI=1S/C16H27N3O/c1-6-10-17-15-9-7-8-14(18-15)16(20)19(5)13(4)11-12(2)3/h7-9,12-13H,6,10-11H2,1-5H3,(H,17,18). The molecule has 0 aliphatic heterocycles. The van der Waals surface area contributed by atoms with Crippen LogP contribution in [0, 0.1) is 5.92 Å². The van der Waals surface area contributed by atoms with E-state index >= 15 is 0 Å². The minimum Gasteiger partial charge on any atom is -0.370 e. The number of nitrogens with one attached hydrogen (secondary N) is 1. The van der Waals surface area contributed by atoms with Crippen LogP contribution in [0.15, 0.2) is 18.2 Å². The zero-order chi connectivity index (χ0) is 15.1. The molecule has 1 atom stereocenters. The number of anilines is 1. The Morgan fingerprint density at radius 1 is 1.35 bits per heavy atom. The second-order valence-corrected chi connectivity index (χ2v) is 5.73. The Morgan fingerprint density at radius 3 is 2.65 bits per heavy atom. The van der Waals surface area contributed by atoms with Crippen LogP contribution in [0.1, 0.15) is 51.0 Å². The third-order valence-electron chi connectivity index (χ3n) is 3.32. The fourth-order valence-corrected chi connectivity index (χ4v) is 2.13.